The summed E-state index contributed by atoms with van der Waals surface area (Å²) in [6.07, 6.45) is 5.52. The third kappa shape index (κ3) is 1.34. The zero-order valence-corrected chi connectivity index (χ0v) is 9.97. The molecule has 0 saturated heterocycles. The van der Waals surface area contributed by atoms with Crippen molar-refractivity contribution in [3.63, 3.8) is 0 Å². The summed E-state index contributed by atoms with van der Waals surface area (Å²) in [6, 6.07) is 6.28. The van der Waals surface area contributed by atoms with Crippen molar-refractivity contribution in [2.24, 2.45) is 5.73 Å². The molecule has 0 unspecified atom stereocenters. The van der Waals surface area contributed by atoms with Crippen LogP contribution in [0.5, 0.6) is 0 Å². The van der Waals surface area contributed by atoms with E-state index in [0.29, 0.717) is 0 Å². The quantitative estimate of drug-likeness (QED) is 0.816. The lowest BCUT2D eigenvalue weighted by Gasteiger charge is -2.38. The van der Waals surface area contributed by atoms with Gasteiger partial charge < -0.3 is 10.7 Å². The van der Waals surface area contributed by atoms with Crippen LogP contribution in [0.2, 0.25) is 0 Å². The maximum absolute atomic E-state index is 6.35. The van der Waals surface area contributed by atoms with Crippen molar-refractivity contribution in [2.45, 2.75) is 24.8 Å². The summed E-state index contributed by atoms with van der Waals surface area (Å²) in [7, 11) is 0. The zero-order chi connectivity index (χ0) is 10.5. The van der Waals surface area contributed by atoms with Gasteiger partial charge in [0.05, 0.1) is 0 Å². The largest absolute Gasteiger partial charge is 0.361 e. The molecule has 0 amide bonds. The van der Waals surface area contributed by atoms with E-state index in [2.05, 4.69) is 39.2 Å². The van der Waals surface area contributed by atoms with E-state index in [1.807, 2.05) is 6.07 Å². The number of fused-ring (bicyclic) bond motifs is 1. The van der Waals surface area contributed by atoms with Crippen molar-refractivity contribution >= 4 is 26.8 Å². The maximum atomic E-state index is 6.35. The lowest BCUT2D eigenvalue weighted by atomic mass is 9.73. The van der Waals surface area contributed by atoms with Gasteiger partial charge in [-0.2, -0.15) is 0 Å². The standard InChI is InChI=1S/C12H13BrN2/c13-8-2-3-11-9(6-8)10(7-15-11)12(14)4-1-5-12/h2-3,6-7,15H,1,4-5,14H2. The molecule has 1 aliphatic rings. The Balaban J connectivity index is 2.22. The van der Waals surface area contributed by atoms with Crippen LogP contribution in [-0.2, 0) is 5.54 Å². The molecule has 78 valence electrons. The number of nitrogens with two attached hydrogens (primary N) is 1. The van der Waals surface area contributed by atoms with Crippen LogP contribution in [0.3, 0.4) is 0 Å². The van der Waals surface area contributed by atoms with Gasteiger partial charge in [-0.1, -0.05) is 15.9 Å². The summed E-state index contributed by atoms with van der Waals surface area (Å²) in [5, 5.41) is 1.26. The number of benzene rings is 1. The number of H-pyrrole nitrogens is 1. The van der Waals surface area contributed by atoms with Crippen LogP contribution >= 0.6 is 15.9 Å². The average molecular weight is 265 g/mol. The molecular weight excluding hydrogens is 252 g/mol. The fourth-order valence-corrected chi connectivity index (χ4v) is 2.69. The fourth-order valence-electron chi connectivity index (χ4n) is 2.33. The van der Waals surface area contributed by atoms with Gasteiger partial charge in [-0.15, -0.1) is 0 Å². The van der Waals surface area contributed by atoms with Crippen molar-refractivity contribution in [3.8, 4) is 0 Å². The van der Waals surface area contributed by atoms with Gasteiger partial charge in [0, 0.05) is 27.1 Å². The van der Waals surface area contributed by atoms with E-state index in [1.165, 1.54) is 22.9 Å². The molecule has 0 spiro atoms. The van der Waals surface area contributed by atoms with E-state index >= 15 is 0 Å². The van der Waals surface area contributed by atoms with Crippen molar-refractivity contribution < 1.29 is 0 Å². The van der Waals surface area contributed by atoms with Crippen LogP contribution in [-0.4, -0.2) is 4.98 Å². The summed E-state index contributed by atoms with van der Waals surface area (Å²) in [5.41, 5.74) is 8.70. The molecule has 0 bridgehead atoms. The van der Waals surface area contributed by atoms with Crippen molar-refractivity contribution in [1.82, 2.24) is 4.98 Å². The molecule has 1 fully saturated rings. The van der Waals surface area contributed by atoms with E-state index in [0.717, 1.165) is 17.3 Å². The predicted octanol–water partition coefficient (Wildman–Crippen LogP) is 3.27. The molecule has 0 atom stereocenters. The molecule has 3 rings (SSSR count). The van der Waals surface area contributed by atoms with Crippen LogP contribution in [0, 0.1) is 0 Å². The molecule has 0 aliphatic heterocycles. The minimum absolute atomic E-state index is 0.0843. The molecule has 1 aromatic heterocycles. The SMILES string of the molecule is NC1(c2c[nH]c3ccc(Br)cc23)CCC1. The Labute approximate surface area is 97.0 Å². The molecule has 1 heterocycles. The van der Waals surface area contributed by atoms with Crippen molar-refractivity contribution in [1.29, 1.82) is 0 Å². The molecule has 15 heavy (non-hydrogen) atoms. The summed E-state index contributed by atoms with van der Waals surface area (Å²) in [6.45, 7) is 0. The summed E-state index contributed by atoms with van der Waals surface area (Å²) in [5.74, 6) is 0. The fraction of sp³-hybridized carbons (Fsp3) is 0.333. The lowest BCUT2D eigenvalue weighted by Crippen LogP contribution is -2.43. The summed E-state index contributed by atoms with van der Waals surface area (Å²) >= 11 is 3.50. The number of rotatable bonds is 1. The van der Waals surface area contributed by atoms with Crippen LogP contribution < -0.4 is 5.73 Å². The maximum Gasteiger partial charge on any atom is 0.0458 e. The highest BCUT2D eigenvalue weighted by molar-refractivity contribution is 9.10. The number of hydrogen-bond donors (Lipinski definition) is 2. The highest BCUT2D eigenvalue weighted by Crippen LogP contribution is 2.42. The topological polar surface area (TPSA) is 41.8 Å². The van der Waals surface area contributed by atoms with E-state index in [1.54, 1.807) is 0 Å². The zero-order valence-electron chi connectivity index (χ0n) is 8.39. The molecule has 2 aromatic rings. The Morgan fingerprint density at radius 2 is 2.13 bits per heavy atom. The highest BCUT2D eigenvalue weighted by atomic mass is 79.9. The summed E-state index contributed by atoms with van der Waals surface area (Å²) < 4.78 is 1.11. The normalized spacial score (nSPS) is 19.1. The Morgan fingerprint density at radius 1 is 1.33 bits per heavy atom. The smallest absolute Gasteiger partial charge is 0.0458 e. The van der Waals surface area contributed by atoms with Crippen LogP contribution in [0.4, 0.5) is 0 Å². The van der Waals surface area contributed by atoms with Crippen molar-refractivity contribution in [3.05, 3.63) is 34.4 Å². The van der Waals surface area contributed by atoms with Gasteiger partial charge in [0.1, 0.15) is 0 Å². The Morgan fingerprint density at radius 3 is 2.80 bits per heavy atom. The third-order valence-corrected chi connectivity index (χ3v) is 3.92. The first-order chi connectivity index (χ1) is 7.19. The lowest BCUT2D eigenvalue weighted by molar-refractivity contribution is 0.256. The molecular formula is C12H13BrN2. The number of aromatic amines is 1. The van der Waals surface area contributed by atoms with Crippen molar-refractivity contribution in [2.75, 3.05) is 0 Å². The van der Waals surface area contributed by atoms with E-state index in [-0.39, 0.29) is 5.54 Å². The predicted molar refractivity (Wildman–Crippen MR) is 65.7 cm³/mol. The Bertz CT molecular complexity index is 511. The van der Waals surface area contributed by atoms with Gasteiger partial charge in [0.2, 0.25) is 0 Å². The van der Waals surface area contributed by atoms with Gasteiger partial charge in [0.15, 0.2) is 0 Å². The second-order valence-electron chi connectivity index (χ2n) is 4.40. The van der Waals surface area contributed by atoms with Crippen LogP contribution in [0.15, 0.2) is 28.9 Å². The van der Waals surface area contributed by atoms with Crippen LogP contribution in [0.25, 0.3) is 10.9 Å². The van der Waals surface area contributed by atoms with E-state index < -0.39 is 0 Å². The van der Waals surface area contributed by atoms with Gasteiger partial charge in [-0.3, -0.25) is 0 Å². The van der Waals surface area contributed by atoms with Gasteiger partial charge in [0.25, 0.3) is 0 Å². The molecule has 1 aromatic carbocycles. The second kappa shape index (κ2) is 3.09. The summed E-state index contributed by atoms with van der Waals surface area (Å²) in [4.78, 5) is 3.29. The second-order valence-corrected chi connectivity index (χ2v) is 5.32. The van der Waals surface area contributed by atoms with Gasteiger partial charge in [-0.05, 0) is 43.0 Å². The Kier molecular flexibility index (Phi) is 1.94. The number of nitrogens with one attached hydrogen (secondary N) is 1. The minimum atomic E-state index is -0.0843. The van der Waals surface area contributed by atoms with E-state index in [4.69, 9.17) is 5.73 Å². The third-order valence-electron chi connectivity index (χ3n) is 3.43. The number of halogens is 1. The van der Waals surface area contributed by atoms with Gasteiger partial charge in [-0.25, -0.2) is 0 Å². The van der Waals surface area contributed by atoms with Crippen LogP contribution in [0.1, 0.15) is 24.8 Å². The first-order valence-electron chi connectivity index (χ1n) is 5.25. The highest BCUT2D eigenvalue weighted by Gasteiger charge is 2.36. The minimum Gasteiger partial charge on any atom is -0.361 e. The number of hydrogen-bond acceptors (Lipinski definition) is 1. The number of aromatic nitrogens is 1. The molecule has 2 nitrogen and oxygen atoms in total. The monoisotopic (exact) mass is 264 g/mol. The van der Waals surface area contributed by atoms with E-state index in [9.17, 15) is 0 Å². The first-order valence-corrected chi connectivity index (χ1v) is 6.04. The molecule has 1 aliphatic carbocycles. The van der Waals surface area contributed by atoms with Gasteiger partial charge >= 0.3 is 0 Å². The molecule has 1 saturated carbocycles. The molecule has 3 N–H and O–H groups in total. The molecule has 3 heteroatoms. The first kappa shape index (κ1) is 9.43. The Hall–Kier alpha value is -0.800. The molecule has 0 radical (unpaired) electrons. The average Bonchev–Trinajstić information content (AvgIpc) is 2.57.